The molecule has 1 aromatic heterocycles. The average molecular weight is 269 g/mol. The lowest BCUT2D eigenvalue weighted by molar-refractivity contribution is 0.356. The van der Waals surface area contributed by atoms with E-state index in [1.165, 1.54) is 11.1 Å². The number of ether oxygens (including phenoxy) is 1. The second-order valence-electron chi connectivity index (χ2n) is 4.96. The SMILES string of the molecule is CCCNC(c1ccc2c(c1)CCO2)c1ncccn1. The summed E-state index contributed by atoms with van der Waals surface area (Å²) < 4.78 is 5.57. The standard InChI is InChI=1S/C16H19N3O/c1-2-7-17-15(16-18-8-3-9-19-16)13-4-5-14-12(11-13)6-10-20-14/h3-5,8-9,11,15,17H,2,6-7,10H2,1H3. The molecule has 1 N–H and O–H groups in total. The third kappa shape index (κ3) is 2.65. The van der Waals surface area contributed by atoms with E-state index < -0.39 is 0 Å². The summed E-state index contributed by atoms with van der Waals surface area (Å²) >= 11 is 0. The zero-order valence-corrected chi connectivity index (χ0v) is 11.7. The fourth-order valence-corrected chi connectivity index (χ4v) is 2.49. The fourth-order valence-electron chi connectivity index (χ4n) is 2.49. The van der Waals surface area contributed by atoms with Gasteiger partial charge in [0.05, 0.1) is 12.6 Å². The first kappa shape index (κ1) is 13.1. The highest BCUT2D eigenvalue weighted by Gasteiger charge is 2.19. The summed E-state index contributed by atoms with van der Waals surface area (Å²) in [6, 6.07) is 8.26. The van der Waals surface area contributed by atoms with Crippen LogP contribution in [0, 0.1) is 0 Å². The van der Waals surface area contributed by atoms with Gasteiger partial charge in [0.15, 0.2) is 0 Å². The Morgan fingerprint density at radius 2 is 2.15 bits per heavy atom. The van der Waals surface area contributed by atoms with Gasteiger partial charge in [-0.2, -0.15) is 0 Å². The van der Waals surface area contributed by atoms with Crippen LogP contribution in [-0.4, -0.2) is 23.1 Å². The topological polar surface area (TPSA) is 47.0 Å². The first-order chi connectivity index (χ1) is 9.88. The Morgan fingerprint density at radius 3 is 2.95 bits per heavy atom. The van der Waals surface area contributed by atoms with Crippen LogP contribution in [0.1, 0.15) is 36.3 Å². The van der Waals surface area contributed by atoms with Crippen molar-refractivity contribution in [2.24, 2.45) is 0 Å². The van der Waals surface area contributed by atoms with E-state index in [1.807, 2.05) is 6.07 Å². The van der Waals surface area contributed by atoms with E-state index in [2.05, 4.69) is 40.4 Å². The summed E-state index contributed by atoms with van der Waals surface area (Å²) in [5.74, 6) is 1.83. The van der Waals surface area contributed by atoms with Crippen LogP contribution in [0.2, 0.25) is 0 Å². The lowest BCUT2D eigenvalue weighted by Crippen LogP contribution is -2.25. The zero-order valence-electron chi connectivity index (χ0n) is 11.7. The van der Waals surface area contributed by atoms with Gasteiger partial charge in [-0.3, -0.25) is 0 Å². The van der Waals surface area contributed by atoms with Gasteiger partial charge in [-0.1, -0.05) is 13.0 Å². The fraction of sp³-hybridized carbons (Fsp3) is 0.375. The molecule has 1 aromatic carbocycles. The summed E-state index contributed by atoms with van der Waals surface area (Å²) in [6.07, 6.45) is 5.65. The molecule has 20 heavy (non-hydrogen) atoms. The van der Waals surface area contributed by atoms with Crippen LogP contribution in [0.25, 0.3) is 0 Å². The lowest BCUT2D eigenvalue weighted by atomic mass is 10.0. The van der Waals surface area contributed by atoms with Crippen LogP contribution >= 0.6 is 0 Å². The Labute approximate surface area is 119 Å². The Kier molecular flexibility index (Phi) is 3.92. The molecule has 0 radical (unpaired) electrons. The molecule has 3 rings (SSSR count). The molecule has 2 heterocycles. The first-order valence-corrected chi connectivity index (χ1v) is 7.14. The molecular formula is C16H19N3O. The van der Waals surface area contributed by atoms with Gasteiger partial charge in [0.1, 0.15) is 11.6 Å². The largest absolute Gasteiger partial charge is 0.493 e. The van der Waals surface area contributed by atoms with Gasteiger partial charge in [0.25, 0.3) is 0 Å². The molecule has 1 aliphatic rings. The van der Waals surface area contributed by atoms with Crippen molar-refractivity contribution < 1.29 is 4.74 Å². The van der Waals surface area contributed by atoms with E-state index in [9.17, 15) is 0 Å². The maximum absolute atomic E-state index is 5.57. The highest BCUT2D eigenvalue weighted by molar-refractivity contribution is 5.42. The summed E-state index contributed by atoms with van der Waals surface area (Å²) in [4.78, 5) is 8.79. The van der Waals surface area contributed by atoms with Crippen LogP contribution in [0.15, 0.2) is 36.7 Å². The van der Waals surface area contributed by atoms with E-state index in [4.69, 9.17) is 4.74 Å². The van der Waals surface area contributed by atoms with E-state index >= 15 is 0 Å². The molecule has 104 valence electrons. The van der Waals surface area contributed by atoms with Crippen molar-refractivity contribution in [3.8, 4) is 5.75 Å². The molecule has 0 amide bonds. The quantitative estimate of drug-likeness (QED) is 0.906. The second kappa shape index (κ2) is 6.01. The van der Waals surface area contributed by atoms with E-state index in [-0.39, 0.29) is 6.04 Å². The monoisotopic (exact) mass is 269 g/mol. The predicted molar refractivity (Wildman–Crippen MR) is 77.8 cm³/mol. The zero-order chi connectivity index (χ0) is 13.8. The van der Waals surface area contributed by atoms with Crippen molar-refractivity contribution in [2.75, 3.05) is 13.2 Å². The van der Waals surface area contributed by atoms with Crippen LogP contribution < -0.4 is 10.1 Å². The molecule has 2 aromatic rings. The second-order valence-corrected chi connectivity index (χ2v) is 4.96. The highest BCUT2D eigenvalue weighted by Crippen LogP contribution is 2.29. The third-order valence-corrected chi connectivity index (χ3v) is 3.49. The number of hydrogen-bond acceptors (Lipinski definition) is 4. The Morgan fingerprint density at radius 1 is 1.30 bits per heavy atom. The Hall–Kier alpha value is -1.94. The first-order valence-electron chi connectivity index (χ1n) is 7.14. The normalized spacial score (nSPS) is 14.7. The minimum Gasteiger partial charge on any atom is -0.493 e. The van der Waals surface area contributed by atoms with Gasteiger partial charge in [-0.15, -0.1) is 0 Å². The summed E-state index contributed by atoms with van der Waals surface area (Å²) in [5.41, 5.74) is 2.48. The molecule has 0 fully saturated rings. The Balaban J connectivity index is 1.92. The number of aromatic nitrogens is 2. The molecule has 0 bridgehead atoms. The number of rotatable bonds is 5. The lowest BCUT2D eigenvalue weighted by Gasteiger charge is -2.18. The summed E-state index contributed by atoms with van der Waals surface area (Å²) in [7, 11) is 0. The van der Waals surface area contributed by atoms with Gasteiger partial charge < -0.3 is 10.1 Å². The summed E-state index contributed by atoms with van der Waals surface area (Å²) in [5, 5.41) is 3.53. The van der Waals surface area contributed by atoms with Crippen molar-refractivity contribution in [3.05, 3.63) is 53.6 Å². The van der Waals surface area contributed by atoms with Crippen LogP contribution in [0.5, 0.6) is 5.75 Å². The minimum atomic E-state index is 0.0436. The number of nitrogens with one attached hydrogen (secondary N) is 1. The van der Waals surface area contributed by atoms with Gasteiger partial charge in [-0.25, -0.2) is 9.97 Å². The van der Waals surface area contributed by atoms with Crippen LogP contribution in [0.3, 0.4) is 0 Å². The smallest absolute Gasteiger partial charge is 0.149 e. The third-order valence-electron chi connectivity index (χ3n) is 3.49. The van der Waals surface area contributed by atoms with Crippen molar-refractivity contribution in [1.82, 2.24) is 15.3 Å². The molecule has 4 nitrogen and oxygen atoms in total. The van der Waals surface area contributed by atoms with Crippen molar-refractivity contribution in [2.45, 2.75) is 25.8 Å². The molecule has 1 atom stereocenters. The summed E-state index contributed by atoms with van der Waals surface area (Å²) in [6.45, 7) is 3.89. The van der Waals surface area contributed by atoms with Crippen LogP contribution in [-0.2, 0) is 6.42 Å². The maximum Gasteiger partial charge on any atom is 0.149 e. The van der Waals surface area contributed by atoms with Gasteiger partial charge >= 0.3 is 0 Å². The Bertz CT molecular complexity index is 571. The number of hydrogen-bond donors (Lipinski definition) is 1. The number of nitrogens with zero attached hydrogens (tertiary/aromatic N) is 2. The van der Waals surface area contributed by atoms with Crippen molar-refractivity contribution in [3.63, 3.8) is 0 Å². The van der Waals surface area contributed by atoms with E-state index in [1.54, 1.807) is 12.4 Å². The van der Waals surface area contributed by atoms with Crippen molar-refractivity contribution >= 4 is 0 Å². The molecule has 4 heteroatoms. The molecule has 0 saturated heterocycles. The van der Waals surface area contributed by atoms with Gasteiger partial charge in [0.2, 0.25) is 0 Å². The van der Waals surface area contributed by atoms with E-state index in [0.717, 1.165) is 37.6 Å². The average Bonchev–Trinajstić information content (AvgIpc) is 2.96. The number of fused-ring (bicyclic) bond motifs is 1. The molecule has 0 saturated carbocycles. The van der Waals surface area contributed by atoms with Gasteiger partial charge in [0, 0.05) is 18.8 Å². The minimum absolute atomic E-state index is 0.0436. The molecule has 0 spiro atoms. The predicted octanol–water partition coefficient (Wildman–Crippen LogP) is 2.50. The molecule has 1 unspecified atom stereocenters. The highest BCUT2D eigenvalue weighted by atomic mass is 16.5. The molecule has 0 aliphatic carbocycles. The van der Waals surface area contributed by atoms with Crippen LogP contribution in [0.4, 0.5) is 0 Å². The van der Waals surface area contributed by atoms with Crippen molar-refractivity contribution in [1.29, 1.82) is 0 Å². The number of benzene rings is 1. The van der Waals surface area contributed by atoms with E-state index in [0.29, 0.717) is 0 Å². The molecular weight excluding hydrogens is 250 g/mol. The molecule has 1 aliphatic heterocycles. The maximum atomic E-state index is 5.57. The van der Waals surface area contributed by atoms with Gasteiger partial charge in [-0.05, 0) is 42.3 Å².